The molecule has 0 fully saturated rings. The first-order valence-electron chi connectivity index (χ1n) is 9.54. The Balaban J connectivity index is 0.00000240. The normalized spacial score (nSPS) is 11.4. The minimum atomic E-state index is -3.53. The van der Waals surface area contributed by atoms with Crippen LogP contribution in [0, 0.1) is 0 Å². The molecule has 0 radical (unpaired) electrons. The van der Waals surface area contributed by atoms with Crippen LogP contribution in [0.4, 0.5) is 0 Å². The number of nitrogens with two attached hydrogens (primary N) is 1. The average molecular weight is 569 g/mol. The lowest BCUT2D eigenvalue weighted by Gasteiger charge is -2.16. The summed E-state index contributed by atoms with van der Waals surface area (Å²) in [6.07, 6.45) is 2.02. The first kappa shape index (κ1) is 28.3. The fraction of sp³-hybridized carbons (Fsp3) is 0.333. The third kappa shape index (κ3) is 7.68. The summed E-state index contributed by atoms with van der Waals surface area (Å²) in [7, 11) is -1.52. The van der Waals surface area contributed by atoms with E-state index in [1.165, 1.54) is 16.9 Å². The molecule has 0 saturated heterocycles. The maximum Gasteiger partial charge on any atom is 0.251 e. The number of thiophene rings is 1. The zero-order valence-corrected chi connectivity index (χ0v) is 22.1. The summed E-state index contributed by atoms with van der Waals surface area (Å²) in [6, 6.07) is 16.1. The fourth-order valence-electron chi connectivity index (χ4n) is 3.11. The van der Waals surface area contributed by atoms with Gasteiger partial charge < -0.3 is 10.6 Å². The molecule has 1 heterocycles. The zero-order chi connectivity index (χ0) is 20.9. The standard InChI is InChI=1S/C21H26BrN3O2S2.2ClH/c1-25(13-4-5-16-8-10-17(15-23)11-9-16)14-12-24-29(26,27)21-20(22)18-6-2-3-7-19(18)28-21;;/h2-3,6-11,24H,4-5,12-15,23H2,1H3;2*1H. The van der Waals surface area contributed by atoms with Gasteiger partial charge in [-0.1, -0.05) is 42.5 Å². The number of hydrogen-bond donors (Lipinski definition) is 2. The van der Waals surface area contributed by atoms with Crippen molar-refractivity contribution in [2.24, 2.45) is 5.73 Å². The van der Waals surface area contributed by atoms with E-state index in [-0.39, 0.29) is 24.8 Å². The van der Waals surface area contributed by atoms with Crippen LogP contribution in [-0.2, 0) is 23.0 Å². The summed E-state index contributed by atoms with van der Waals surface area (Å²) >= 11 is 4.73. The monoisotopic (exact) mass is 567 g/mol. The van der Waals surface area contributed by atoms with Crippen molar-refractivity contribution in [2.75, 3.05) is 26.7 Å². The molecule has 0 aliphatic heterocycles. The molecule has 0 saturated carbocycles. The van der Waals surface area contributed by atoms with Crippen molar-refractivity contribution in [1.82, 2.24) is 9.62 Å². The quantitative estimate of drug-likeness (QED) is 0.368. The van der Waals surface area contributed by atoms with E-state index in [1.54, 1.807) is 0 Å². The molecule has 0 bridgehead atoms. The first-order chi connectivity index (χ1) is 13.9. The van der Waals surface area contributed by atoms with E-state index in [0.29, 0.717) is 28.3 Å². The first-order valence-corrected chi connectivity index (χ1v) is 12.6. The molecule has 0 amide bonds. The molecule has 0 spiro atoms. The summed E-state index contributed by atoms with van der Waals surface area (Å²) in [5.74, 6) is 0. The smallest absolute Gasteiger partial charge is 0.251 e. The van der Waals surface area contributed by atoms with Gasteiger partial charge in [0.25, 0.3) is 10.0 Å². The Kier molecular flexibility index (Phi) is 12.0. The summed E-state index contributed by atoms with van der Waals surface area (Å²) in [4.78, 5) is 2.15. The number of aryl methyl sites for hydroxylation is 1. The van der Waals surface area contributed by atoms with Crippen molar-refractivity contribution in [3.05, 3.63) is 64.1 Å². The van der Waals surface area contributed by atoms with Gasteiger partial charge in [0.15, 0.2) is 0 Å². The van der Waals surface area contributed by atoms with E-state index in [0.717, 1.165) is 35.0 Å². The van der Waals surface area contributed by atoms with Gasteiger partial charge in [0, 0.05) is 29.7 Å². The van der Waals surface area contributed by atoms with Crippen molar-refractivity contribution >= 4 is 72.2 Å². The highest BCUT2D eigenvalue weighted by molar-refractivity contribution is 9.10. The number of nitrogens with one attached hydrogen (secondary N) is 1. The van der Waals surface area contributed by atoms with Crippen molar-refractivity contribution in [3.63, 3.8) is 0 Å². The Morgan fingerprint density at radius 3 is 2.32 bits per heavy atom. The second kappa shape index (κ2) is 13.1. The van der Waals surface area contributed by atoms with Gasteiger partial charge in [0.2, 0.25) is 0 Å². The predicted molar refractivity (Wildman–Crippen MR) is 139 cm³/mol. The van der Waals surface area contributed by atoms with E-state index >= 15 is 0 Å². The summed E-state index contributed by atoms with van der Waals surface area (Å²) in [6.45, 7) is 2.52. The number of nitrogens with zero attached hydrogens (tertiary/aromatic N) is 1. The number of halogens is 3. The lowest BCUT2D eigenvalue weighted by Crippen LogP contribution is -2.33. The van der Waals surface area contributed by atoms with Crippen LogP contribution < -0.4 is 10.5 Å². The number of rotatable bonds is 10. The van der Waals surface area contributed by atoms with E-state index in [2.05, 4.69) is 49.8 Å². The van der Waals surface area contributed by atoms with Gasteiger partial charge in [0.1, 0.15) is 4.21 Å². The van der Waals surface area contributed by atoms with Gasteiger partial charge >= 0.3 is 0 Å². The van der Waals surface area contributed by atoms with Crippen molar-refractivity contribution in [2.45, 2.75) is 23.6 Å². The second-order valence-corrected chi connectivity index (χ2v) is 10.8. The van der Waals surface area contributed by atoms with Crippen LogP contribution in [0.1, 0.15) is 17.5 Å². The topological polar surface area (TPSA) is 75.4 Å². The van der Waals surface area contributed by atoms with Crippen LogP contribution in [-0.4, -0.2) is 40.0 Å². The molecule has 0 aliphatic rings. The SMILES string of the molecule is CN(CCCc1ccc(CN)cc1)CCNS(=O)(=O)c1sc2ccccc2c1Br.Cl.Cl. The molecular formula is C21H28BrCl2N3O2S2. The van der Waals surface area contributed by atoms with Crippen LogP contribution in [0.5, 0.6) is 0 Å². The maximum absolute atomic E-state index is 12.7. The summed E-state index contributed by atoms with van der Waals surface area (Å²) in [5.41, 5.74) is 8.06. The number of sulfonamides is 1. The van der Waals surface area contributed by atoms with E-state index in [9.17, 15) is 8.42 Å². The molecule has 3 N–H and O–H groups in total. The van der Waals surface area contributed by atoms with Gasteiger partial charge in [-0.2, -0.15) is 0 Å². The molecule has 1 aromatic heterocycles. The van der Waals surface area contributed by atoms with E-state index in [1.807, 2.05) is 31.3 Å². The Morgan fingerprint density at radius 1 is 1.03 bits per heavy atom. The molecule has 2 aromatic carbocycles. The Bertz CT molecular complexity index is 1060. The van der Waals surface area contributed by atoms with Gasteiger partial charge in [-0.05, 0) is 59.6 Å². The van der Waals surface area contributed by atoms with Crippen LogP contribution in [0.25, 0.3) is 10.1 Å². The molecular weight excluding hydrogens is 541 g/mol. The maximum atomic E-state index is 12.7. The highest BCUT2D eigenvalue weighted by Crippen LogP contribution is 2.38. The third-order valence-electron chi connectivity index (χ3n) is 4.80. The minimum Gasteiger partial charge on any atom is -0.326 e. The summed E-state index contributed by atoms with van der Waals surface area (Å²) in [5, 5.41) is 0.925. The van der Waals surface area contributed by atoms with Crippen LogP contribution in [0.3, 0.4) is 0 Å². The van der Waals surface area contributed by atoms with E-state index in [4.69, 9.17) is 5.73 Å². The number of fused-ring (bicyclic) bond motifs is 1. The molecule has 5 nitrogen and oxygen atoms in total. The molecule has 3 rings (SSSR count). The molecule has 0 aliphatic carbocycles. The second-order valence-electron chi connectivity index (χ2n) is 7.02. The minimum absolute atomic E-state index is 0. The number of hydrogen-bond acceptors (Lipinski definition) is 5. The van der Waals surface area contributed by atoms with Crippen molar-refractivity contribution in [3.8, 4) is 0 Å². The highest BCUT2D eigenvalue weighted by atomic mass is 79.9. The molecule has 0 unspecified atom stereocenters. The molecule has 10 heteroatoms. The lowest BCUT2D eigenvalue weighted by molar-refractivity contribution is 0.334. The molecule has 0 atom stereocenters. The van der Waals surface area contributed by atoms with Crippen LogP contribution in [0.2, 0.25) is 0 Å². The zero-order valence-electron chi connectivity index (χ0n) is 17.2. The Morgan fingerprint density at radius 2 is 1.68 bits per heavy atom. The van der Waals surface area contributed by atoms with Crippen LogP contribution >= 0.6 is 52.1 Å². The van der Waals surface area contributed by atoms with Crippen molar-refractivity contribution < 1.29 is 8.42 Å². The number of likely N-dealkylation sites (N-methyl/N-ethyl adjacent to an activating group) is 1. The summed E-state index contributed by atoms with van der Waals surface area (Å²) < 4.78 is 30.1. The molecule has 172 valence electrons. The highest BCUT2D eigenvalue weighted by Gasteiger charge is 2.22. The van der Waals surface area contributed by atoms with Gasteiger partial charge in [-0.15, -0.1) is 36.2 Å². The van der Waals surface area contributed by atoms with E-state index < -0.39 is 10.0 Å². The third-order valence-corrected chi connectivity index (χ3v) is 9.30. The lowest BCUT2D eigenvalue weighted by atomic mass is 10.1. The van der Waals surface area contributed by atoms with Crippen LogP contribution in [0.15, 0.2) is 57.2 Å². The van der Waals surface area contributed by atoms with Gasteiger partial charge in [0.05, 0.1) is 4.47 Å². The van der Waals surface area contributed by atoms with Gasteiger partial charge in [-0.3, -0.25) is 0 Å². The average Bonchev–Trinajstić information content (AvgIpc) is 3.06. The Hall–Kier alpha value is -0.710. The molecule has 31 heavy (non-hydrogen) atoms. The number of benzene rings is 2. The largest absolute Gasteiger partial charge is 0.326 e. The Labute approximate surface area is 209 Å². The fourth-order valence-corrected chi connectivity index (χ4v) is 7.01. The molecule has 3 aromatic rings. The van der Waals surface area contributed by atoms with Gasteiger partial charge in [-0.25, -0.2) is 13.1 Å². The van der Waals surface area contributed by atoms with Crippen molar-refractivity contribution in [1.29, 1.82) is 0 Å². The predicted octanol–water partition coefficient (Wildman–Crippen LogP) is 4.81.